The predicted molar refractivity (Wildman–Crippen MR) is 116 cm³/mol. The average molecular weight is 391 g/mol. The molecule has 1 N–H and O–H groups in total. The number of hydrogen-bond acceptors (Lipinski definition) is 3. The molecule has 2 fully saturated rings. The van der Waals surface area contributed by atoms with Gasteiger partial charge >= 0.3 is 0 Å². The van der Waals surface area contributed by atoms with Gasteiger partial charge in [0.15, 0.2) is 5.54 Å². The standard InChI is InChI=1S/C24H30N4O/c1-2-23-9-5-13-27-14-8-19-18-6-3-4-7-20(18)28(15-10-23)21(19)24(23,27)22(29)26-16-11-25-12-17-26/h3-4,6-7,10,15,25H,2,5,8-9,11-14,16-17H2,1H3/t23-,24-/m1/s1. The molecule has 29 heavy (non-hydrogen) atoms. The molecule has 0 saturated carbocycles. The Morgan fingerprint density at radius 3 is 2.79 bits per heavy atom. The first-order chi connectivity index (χ1) is 14.2. The van der Waals surface area contributed by atoms with Gasteiger partial charge in [0, 0.05) is 49.7 Å². The summed E-state index contributed by atoms with van der Waals surface area (Å²) in [5.74, 6) is 0.343. The van der Waals surface area contributed by atoms with Gasteiger partial charge in [-0.2, -0.15) is 0 Å². The fraction of sp³-hybridized carbons (Fsp3) is 0.542. The number of fused-ring (bicyclic) bond motifs is 3. The summed E-state index contributed by atoms with van der Waals surface area (Å²) in [6, 6.07) is 8.72. The summed E-state index contributed by atoms with van der Waals surface area (Å²) in [6.07, 6.45) is 8.97. The van der Waals surface area contributed by atoms with Crippen LogP contribution in [0.1, 0.15) is 37.4 Å². The maximum Gasteiger partial charge on any atom is 0.250 e. The Labute approximate surface area is 172 Å². The van der Waals surface area contributed by atoms with E-state index in [2.05, 4.69) is 63.1 Å². The van der Waals surface area contributed by atoms with Crippen LogP contribution in [0.5, 0.6) is 0 Å². The smallest absolute Gasteiger partial charge is 0.250 e. The average Bonchev–Trinajstić information content (AvgIpc) is 3.13. The second kappa shape index (κ2) is 6.19. The number of rotatable bonds is 2. The van der Waals surface area contributed by atoms with Crippen molar-refractivity contribution in [3.63, 3.8) is 0 Å². The van der Waals surface area contributed by atoms with Crippen molar-refractivity contribution in [2.75, 3.05) is 39.3 Å². The molecule has 1 aromatic heterocycles. The number of aromatic nitrogens is 1. The Bertz CT molecular complexity index is 1020. The Hall–Kier alpha value is -2.11. The second-order valence-electron chi connectivity index (χ2n) is 9.13. The van der Waals surface area contributed by atoms with Gasteiger partial charge in [-0.3, -0.25) is 9.69 Å². The van der Waals surface area contributed by atoms with E-state index in [1.54, 1.807) is 0 Å². The molecule has 2 aromatic rings. The SMILES string of the molecule is CC[C@]12C=Cn3c4c(c5ccccc53)CCN(CCC1)[C@@]42C(=O)N1CCNCC1. The van der Waals surface area contributed by atoms with Crippen LogP contribution in [0.2, 0.25) is 0 Å². The number of nitrogens with zero attached hydrogens (tertiary/aromatic N) is 3. The van der Waals surface area contributed by atoms with Crippen molar-refractivity contribution in [3.8, 4) is 0 Å². The van der Waals surface area contributed by atoms with Gasteiger partial charge in [-0.15, -0.1) is 0 Å². The fourth-order valence-corrected chi connectivity index (χ4v) is 6.81. The van der Waals surface area contributed by atoms with Crippen LogP contribution in [0.25, 0.3) is 17.1 Å². The molecule has 2 saturated heterocycles. The van der Waals surface area contributed by atoms with Crippen molar-refractivity contribution in [2.45, 2.75) is 38.1 Å². The number of benzene rings is 1. The zero-order chi connectivity index (χ0) is 19.6. The molecule has 5 nitrogen and oxygen atoms in total. The third-order valence-electron chi connectivity index (χ3n) is 8.12. The van der Waals surface area contributed by atoms with Crippen molar-refractivity contribution in [1.29, 1.82) is 0 Å². The van der Waals surface area contributed by atoms with Gasteiger partial charge in [0.25, 0.3) is 0 Å². The van der Waals surface area contributed by atoms with Crippen LogP contribution in [0.3, 0.4) is 0 Å². The van der Waals surface area contributed by atoms with E-state index in [4.69, 9.17) is 0 Å². The molecule has 5 heterocycles. The molecule has 152 valence electrons. The summed E-state index contributed by atoms with van der Waals surface area (Å²) in [5.41, 5.74) is 3.26. The zero-order valence-corrected chi connectivity index (χ0v) is 17.3. The third kappa shape index (κ3) is 2.05. The van der Waals surface area contributed by atoms with Crippen molar-refractivity contribution < 1.29 is 4.79 Å². The number of carbonyl (C=O) groups excluding carboxylic acids is 1. The van der Waals surface area contributed by atoms with E-state index in [0.717, 1.165) is 58.5 Å². The molecule has 1 aromatic carbocycles. The van der Waals surface area contributed by atoms with E-state index >= 15 is 0 Å². The normalized spacial score (nSPS) is 31.1. The summed E-state index contributed by atoms with van der Waals surface area (Å²) in [5, 5.41) is 4.75. The van der Waals surface area contributed by atoms with E-state index in [9.17, 15) is 4.79 Å². The number of carbonyl (C=O) groups is 1. The molecule has 0 unspecified atom stereocenters. The lowest BCUT2D eigenvalue weighted by Gasteiger charge is -2.61. The highest BCUT2D eigenvalue weighted by Crippen LogP contribution is 2.60. The lowest BCUT2D eigenvalue weighted by atomic mass is 9.57. The number of para-hydroxylation sites is 1. The van der Waals surface area contributed by atoms with Gasteiger partial charge in [0.1, 0.15) is 0 Å². The summed E-state index contributed by atoms with van der Waals surface area (Å²) < 4.78 is 2.36. The molecule has 6 rings (SSSR count). The van der Waals surface area contributed by atoms with Crippen LogP contribution in [0.15, 0.2) is 30.3 Å². The van der Waals surface area contributed by atoms with E-state index < -0.39 is 5.54 Å². The Morgan fingerprint density at radius 2 is 1.97 bits per heavy atom. The molecule has 0 aliphatic carbocycles. The predicted octanol–water partition coefficient (Wildman–Crippen LogP) is 2.80. The van der Waals surface area contributed by atoms with E-state index in [-0.39, 0.29) is 5.41 Å². The first-order valence-electron chi connectivity index (χ1n) is 11.3. The Morgan fingerprint density at radius 1 is 1.14 bits per heavy atom. The number of hydrogen-bond donors (Lipinski definition) is 1. The Balaban J connectivity index is 1.68. The molecule has 0 radical (unpaired) electrons. The summed E-state index contributed by atoms with van der Waals surface area (Å²) >= 11 is 0. The van der Waals surface area contributed by atoms with Crippen molar-refractivity contribution in [3.05, 3.63) is 41.6 Å². The number of piperidine rings is 1. The molecule has 0 bridgehead atoms. The van der Waals surface area contributed by atoms with Crippen molar-refractivity contribution >= 4 is 23.0 Å². The van der Waals surface area contributed by atoms with Crippen molar-refractivity contribution in [2.24, 2.45) is 5.41 Å². The number of nitrogens with one attached hydrogen (secondary N) is 1. The molecule has 0 spiro atoms. The van der Waals surface area contributed by atoms with Gasteiger partial charge in [-0.05, 0) is 43.9 Å². The van der Waals surface area contributed by atoms with Gasteiger partial charge < -0.3 is 14.8 Å². The Kier molecular flexibility index (Phi) is 3.78. The summed E-state index contributed by atoms with van der Waals surface area (Å²) in [7, 11) is 0. The molecular weight excluding hydrogens is 360 g/mol. The van der Waals surface area contributed by atoms with Crippen LogP contribution in [-0.2, 0) is 16.8 Å². The molecule has 4 aliphatic rings. The van der Waals surface area contributed by atoms with E-state index in [0.29, 0.717) is 5.91 Å². The summed E-state index contributed by atoms with van der Waals surface area (Å²) in [6.45, 7) is 7.70. The van der Waals surface area contributed by atoms with Crippen LogP contribution < -0.4 is 5.32 Å². The molecular formula is C24H30N4O. The van der Waals surface area contributed by atoms with Gasteiger partial charge in [-0.25, -0.2) is 0 Å². The van der Waals surface area contributed by atoms with Gasteiger partial charge in [0.2, 0.25) is 5.91 Å². The minimum absolute atomic E-state index is 0.118. The highest BCUT2D eigenvalue weighted by atomic mass is 16.2. The third-order valence-corrected chi connectivity index (χ3v) is 8.12. The molecule has 2 atom stereocenters. The van der Waals surface area contributed by atoms with Crippen molar-refractivity contribution in [1.82, 2.24) is 19.7 Å². The number of amides is 1. The summed E-state index contributed by atoms with van der Waals surface area (Å²) in [4.78, 5) is 19.2. The minimum atomic E-state index is -0.557. The highest BCUT2D eigenvalue weighted by molar-refractivity contribution is 5.97. The monoisotopic (exact) mass is 390 g/mol. The quantitative estimate of drug-likeness (QED) is 0.857. The molecule has 5 heteroatoms. The molecule has 1 amide bonds. The second-order valence-corrected chi connectivity index (χ2v) is 9.13. The maximum absolute atomic E-state index is 14.5. The first kappa shape index (κ1) is 17.7. The zero-order valence-electron chi connectivity index (χ0n) is 17.3. The maximum atomic E-state index is 14.5. The van der Waals surface area contributed by atoms with Crippen LogP contribution >= 0.6 is 0 Å². The van der Waals surface area contributed by atoms with E-state index in [1.807, 2.05) is 0 Å². The minimum Gasteiger partial charge on any atom is -0.338 e. The van der Waals surface area contributed by atoms with Gasteiger partial charge in [-0.1, -0.05) is 31.2 Å². The highest BCUT2D eigenvalue weighted by Gasteiger charge is 2.65. The van der Waals surface area contributed by atoms with Crippen LogP contribution in [0, 0.1) is 5.41 Å². The van der Waals surface area contributed by atoms with Gasteiger partial charge in [0.05, 0.1) is 11.2 Å². The van der Waals surface area contributed by atoms with Crippen LogP contribution in [0.4, 0.5) is 0 Å². The topological polar surface area (TPSA) is 40.5 Å². The lowest BCUT2D eigenvalue weighted by Crippen LogP contribution is -2.71. The van der Waals surface area contributed by atoms with Crippen LogP contribution in [-0.4, -0.2) is 59.5 Å². The largest absolute Gasteiger partial charge is 0.338 e. The molecule has 4 aliphatic heterocycles. The number of piperazine rings is 1. The fourth-order valence-electron chi connectivity index (χ4n) is 6.81. The lowest BCUT2D eigenvalue weighted by molar-refractivity contribution is -0.164. The first-order valence-corrected chi connectivity index (χ1v) is 11.3. The van der Waals surface area contributed by atoms with E-state index in [1.165, 1.54) is 28.6 Å².